The van der Waals surface area contributed by atoms with E-state index in [-0.39, 0.29) is 35.6 Å². The van der Waals surface area contributed by atoms with Crippen molar-refractivity contribution in [1.82, 2.24) is 9.80 Å². The average Bonchev–Trinajstić information content (AvgIpc) is 2.89. The maximum atomic E-state index is 12.7. The quantitative estimate of drug-likeness (QED) is 0.290. The zero-order valence-electron chi connectivity index (χ0n) is 18.6. The van der Waals surface area contributed by atoms with Gasteiger partial charge in [0.15, 0.2) is 12.9 Å². The molecule has 1 heterocycles. The molecule has 1 saturated heterocycles. The third kappa shape index (κ3) is 5.29. The van der Waals surface area contributed by atoms with Crippen LogP contribution in [0.2, 0.25) is 0 Å². The molecule has 1 fully saturated rings. The van der Waals surface area contributed by atoms with Gasteiger partial charge in [-0.15, -0.1) is 0 Å². The van der Waals surface area contributed by atoms with Gasteiger partial charge in [-0.2, -0.15) is 0 Å². The second-order valence-corrected chi connectivity index (χ2v) is 8.03. The molecular weight excluding hydrogens is 434 g/mol. The minimum atomic E-state index is -0.584. The van der Waals surface area contributed by atoms with E-state index in [1.165, 1.54) is 23.3 Å². The molecule has 1 aliphatic heterocycles. The van der Waals surface area contributed by atoms with Crippen LogP contribution in [0.15, 0.2) is 78.9 Å². The lowest BCUT2D eigenvalue weighted by Gasteiger charge is -2.39. The van der Waals surface area contributed by atoms with E-state index < -0.39 is 4.92 Å². The summed E-state index contributed by atoms with van der Waals surface area (Å²) in [5.41, 5.74) is 2.25. The number of nitrogens with zero attached hydrogens (tertiary/aromatic N) is 3. The van der Waals surface area contributed by atoms with Crippen LogP contribution in [0.25, 0.3) is 0 Å². The Morgan fingerprint density at radius 2 is 1.53 bits per heavy atom. The van der Waals surface area contributed by atoms with Gasteiger partial charge in [-0.05, 0) is 17.2 Å². The Balaban J connectivity index is 1.39. The summed E-state index contributed by atoms with van der Waals surface area (Å²) in [5.74, 6) is -0.0355. The summed E-state index contributed by atoms with van der Waals surface area (Å²) in [7, 11) is 0. The van der Waals surface area contributed by atoms with Crippen molar-refractivity contribution in [3.05, 3.63) is 106 Å². The fourth-order valence-corrected chi connectivity index (χ4v) is 4.22. The van der Waals surface area contributed by atoms with Crippen molar-refractivity contribution in [2.75, 3.05) is 32.8 Å². The Bertz CT molecular complexity index is 1110. The molecule has 1 aliphatic rings. The van der Waals surface area contributed by atoms with Crippen molar-refractivity contribution in [2.24, 2.45) is 0 Å². The summed E-state index contributed by atoms with van der Waals surface area (Å²) in [6, 6.07) is 24.5. The summed E-state index contributed by atoms with van der Waals surface area (Å²) in [6.45, 7) is 2.28. The van der Waals surface area contributed by atoms with Gasteiger partial charge in [0.25, 0.3) is 11.6 Å². The molecule has 0 unspecified atom stereocenters. The van der Waals surface area contributed by atoms with Crippen LogP contribution in [0.5, 0.6) is 5.75 Å². The lowest BCUT2D eigenvalue weighted by molar-refractivity contribution is -0.384. The normalized spacial score (nSPS) is 14.1. The Morgan fingerprint density at radius 3 is 2.06 bits per heavy atom. The average molecular weight is 460 g/mol. The number of benzene rings is 3. The monoisotopic (exact) mass is 459 g/mol. The topological polar surface area (TPSA) is 93.0 Å². The van der Waals surface area contributed by atoms with Crippen LogP contribution in [0.4, 0.5) is 5.69 Å². The van der Waals surface area contributed by atoms with Gasteiger partial charge in [0, 0.05) is 38.3 Å². The van der Waals surface area contributed by atoms with Crippen molar-refractivity contribution in [3.8, 4) is 5.75 Å². The van der Waals surface area contributed by atoms with Crippen molar-refractivity contribution < 1.29 is 19.2 Å². The molecule has 1 amide bonds. The number of non-ortho nitro benzene ring substituents is 1. The number of hydrogen-bond acceptors (Lipinski definition) is 6. The fourth-order valence-electron chi connectivity index (χ4n) is 4.22. The van der Waals surface area contributed by atoms with E-state index in [0.29, 0.717) is 32.5 Å². The molecule has 0 saturated carbocycles. The molecule has 0 atom stereocenters. The summed E-state index contributed by atoms with van der Waals surface area (Å²) >= 11 is 0. The molecule has 0 bridgehead atoms. The number of amides is 1. The second kappa shape index (κ2) is 10.7. The van der Waals surface area contributed by atoms with E-state index in [2.05, 4.69) is 29.2 Å². The van der Waals surface area contributed by atoms with Gasteiger partial charge in [0.2, 0.25) is 0 Å². The van der Waals surface area contributed by atoms with Gasteiger partial charge in [0.1, 0.15) is 5.75 Å². The fraction of sp³-hybridized carbons (Fsp3) is 0.231. The van der Waals surface area contributed by atoms with Gasteiger partial charge in [0.05, 0.1) is 16.5 Å². The molecule has 8 nitrogen and oxygen atoms in total. The number of nitro benzene ring substituents is 1. The van der Waals surface area contributed by atoms with Gasteiger partial charge in [-0.25, -0.2) is 0 Å². The van der Waals surface area contributed by atoms with Crippen LogP contribution in [-0.4, -0.2) is 59.7 Å². The minimum absolute atomic E-state index is 0.0420. The lowest BCUT2D eigenvalue weighted by Crippen LogP contribution is -2.51. The molecule has 174 valence electrons. The number of hydrogen-bond donors (Lipinski definition) is 0. The number of ether oxygens (including phenoxy) is 1. The summed E-state index contributed by atoms with van der Waals surface area (Å²) in [6.07, 6.45) is 0.485. The van der Waals surface area contributed by atoms with Crippen LogP contribution in [0.3, 0.4) is 0 Å². The van der Waals surface area contributed by atoms with E-state index in [0.717, 1.165) is 6.07 Å². The molecule has 34 heavy (non-hydrogen) atoms. The first-order valence-electron chi connectivity index (χ1n) is 11.0. The standard InChI is InChI=1S/C26H25N3O5/c30-18-22-17-23(29(32)33)11-12-24(22)34-19-25(31)27-13-15-28(16-14-27)26(20-7-3-1-4-8-20)21-9-5-2-6-10-21/h1-12,17-18,26H,13-16,19H2. The third-order valence-electron chi connectivity index (χ3n) is 5.95. The molecule has 3 aromatic carbocycles. The summed E-state index contributed by atoms with van der Waals surface area (Å²) in [4.78, 5) is 38.5. The maximum Gasteiger partial charge on any atom is 0.270 e. The van der Waals surface area contributed by atoms with E-state index in [1.807, 2.05) is 36.4 Å². The highest BCUT2D eigenvalue weighted by molar-refractivity contribution is 5.82. The van der Waals surface area contributed by atoms with E-state index in [4.69, 9.17) is 4.74 Å². The molecule has 8 heteroatoms. The van der Waals surface area contributed by atoms with Crippen LogP contribution in [-0.2, 0) is 4.79 Å². The number of carbonyl (C=O) groups excluding carboxylic acids is 2. The van der Waals surface area contributed by atoms with E-state index in [1.54, 1.807) is 4.90 Å². The minimum Gasteiger partial charge on any atom is -0.483 e. The smallest absolute Gasteiger partial charge is 0.270 e. The number of carbonyl (C=O) groups is 2. The number of piperazine rings is 1. The number of aldehydes is 1. The van der Waals surface area contributed by atoms with Gasteiger partial charge < -0.3 is 9.64 Å². The van der Waals surface area contributed by atoms with Crippen molar-refractivity contribution in [1.29, 1.82) is 0 Å². The molecule has 4 rings (SSSR count). The first-order valence-corrected chi connectivity index (χ1v) is 11.0. The Labute approximate surface area is 197 Å². The van der Waals surface area contributed by atoms with Crippen LogP contribution < -0.4 is 4.74 Å². The Morgan fingerprint density at radius 1 is 0.941 bits per heavy atom. The molecule has 0 aliphatic carbocycles. The van der Waals surface area contributed by atoms with Crippen LogP contribution in [0.1, 0.15) is 27.5 Å². The molecular formula is C26H25N3O5. The van der Waals surface area contributed by atoms with Gasteiger partial charge in [-0.1, -0.05) is 60.7 Å². The first-order chi connectivity index (χ1) is 16.6. The predicted octanol–water partition coefficient (Wildman–Crippen LogP) is 3.72. The number of rotatable bonds is 8. The Hall–Kier alpha value is -4.04. The highest BCUT2D eigenvalue weighted by Crippen LogP contribution is 2.29. The highest BCUT2D eigenvalue weighted by atomic mass is 16.6. The largest absolute Gasteiger partial charge is 0.483 e. The van der Waals surface area contributed by atoms with Crippen molar-refractivity contribution in [2.45, 2.75) is 6.04 Å². The van der Waals surface area contributed by atoms with E-state index in [9.17, 15) is 19.7 Å². The molecule has 0 spiro atoms. The van der Waals surface area contributed by atoms with Crippen molar-refractivity contribution >= 4 is 17.9 Å². The van der Waals surface area contributed by atoms with Crippen LogP contribution in [0, 0.1) is 10.1 Å². The molecule has 3 aromatic rings. The second-order valence-electron chi connectivity index (χ2n) is 8.03. The van der Waals surface area contributed by atoms with E-state index >= 15 is 0 Å². The predicted molar refractivity (Wildman–Crippen MR) is 127 cm³/mol. The SMILES string of the molecule is O=Cc1cc([N+](=O)[O-])ccc1OCC(=O)N1CCN(C(c2ccccc2)c2ccccc2)CC1. The first kappa shape index (κ1) is 23.1. The summed E-state index contributed by atoms with van der Waals surface area (Å²) in [5, 5.41) is 10.9. The zero-order valence-corrected chi connectivity index (χ0v) is 18.6. The summed E-state index contributed by atoms with van der Waals surface area (Å²) < 4.78 is 5.53. The van der Waals surface area contributed by atoms with Gasteiger partial charge in [-0.3, -0.25) is 24.6 Å². The van der Waals surface area contributed by atoms with Gasteiger partial charge >= 0.3 is 0 Å². The molecule has 0 radical (unpaired) electrons. The molecule has 0 aromatic heterocycles. The number of nitro groups is 1. The van der Waals surface area contributed by atoms with Crippen molar-refractivity contribution in [3.63, 3.8) is 0 Å². The molecule has 0 N–H and O–H groups in total. The highest BCUT2D eigenvalue weighted by Gasteiger charge is 2.28. The maximum absolute atomic E-state index is 12.7. The Kier molecular flexibility index (Phi) is 7.29. The third-order valence-corrected chi connectivity index (χ3v) is 5.95. The lowest BCUT2D eigenvalue weighted by atomic mass is 9.96. The van der Waals surface area contributed by atoms with Crippen LogP contribution >= 0.6 is 0 Å². The zero-order chi connectivity index (χ0) is 23.9.